The molecule has 0 saturated carbocycles. The smallest absolute Gasteiger partial charge is 0.406 e. The van der Waals surface area contributed by atoms with Gasteiger partial charge in [-0.15, -0.1) is 13.2 Å². The number of thiocarbonyl (C=S) groups is 1. The van der Waals surface area contributed by atoms with Crippen molar-refractivity contribution in [3.63, 3.8) is 0 Å². The van der Waals surface area contributed by atoms with E-state index in [0.717, 1.165) is 13.1 Å². The maximum absolute atomic E-state index is 12.2. The summed E-state index contributed by atoms with van der Waals surface area (Å²) in [5, 5.41) is 3.61. The summed E-state index contributed by atoms with van der Waals surface area (Å²) in [6.07, 6.45) is -2.65. The van der Waals surface area contributed by atoms with Gasteiger partial charge in [-0.3, -0.25) is 0 Å². The average Bonchev–Trinajstić information content (AvgIpc) is 2.97. The van der Waals surface area contributed by atoms with Crippen LogP contribution in [-0.2, 0) is 6.54 Å². The summed E-state index contributed by atoms with van der Waals surface area (Å²) in [7, 11) is 0. The fraction of sp³-hybridized carbons (Fsp3) is 0.312. The van der Waals surface area contributed by atoms with E-state index >= 15 is 0 Å². The molecule has 1 aromatic carbocycles. The van der Waals surface area contributed by atoms with Crippen LogP contribution in [0.25, 0.3) is 0 Å². The van der Waals surface area contributed by atoms with Gasteiger partial charge in [0.15, 0.2) is 5.11 Å². The number of rotatable bonds is 2. The molecule has 0 aliphatic carbocycles. The van der Waals surface area contributed by atoms with Gasteiger partial charge in [-0.1, -0.05) is 0 Å². The van der Waals surface area contributed by atoms with Crippen molar-refractivity contribution in [3.8, 4) is 5.75 Å². The van der Waals surface area contributed by atoms with Crippen LogP contribution in [0.1, 0.15) is 18.7 Å². The highest BCUT2D eigenvalue weighted by atomic mass is 32.1. The van der Waals surface area contributed by atoms with Crippen molar-refractivity contribution in [1.82, 2.24) is 9.47 Å². The van der Waals surface area contributed by atoms with E-state index in [4.69, 9.17) is 12.2 Å². The Balaban J connectivity index is 1.65. The monoisotopic (exact) mass is 355 g/mol. The zero-order valence-electron chi connectivity index (χ0n) is 12.9. The molecule has 2 heterocycles. The highest BCUT2D eigenvalue weighted by Crippen LogP contribution is 2.27. The quantitative estimate of drug-likeness (QED) is 0.819. The predicted molar refractivity (Wildman–Crippen MR) is 88.9 cm³/mol. The fourth-order valence-corrected chi connectivity index (χ4v) is 3.16. The summed E-state index contributed by atoms with van der Waals surface area (Å²) in [5.41, 5.74) is 1.79. The van der Waals surface area contributed by atoms with Crippen molar-refractivity contribution in [1.29, 1.82) is 0 Å². The molecule has 3 rings (SSSR count). The number of hydrogen-bond donors (Lipinski definition) is 1. The number of alkyl halides is 3. The Morgan fingerprint density at radius 3 is 2.58 bits per heavy atom. The van der Waals surface area contributed by atoms with E-state index < -0.39 is 6.36 Å². The summed E-state index contributed by atoms with van der Waals surface area (Å²) < 4.78 is 42.5. The minimum atomic E-state index is -4.69. The molecule has 2 aromatic rings. The molecule has 1 aliphatic heterocycles. The molecular weight excluding hydrogens is 339 g/mol. The van der Waals surface area contributed by atoms with Gasteiger partial charge in [0.25, 0.3) is 0 Å². The Bertz CT molecular complexity index is 727. The summed E-state index contributed by atoms with van der Waals surface area (Å²) >= 11 is 5.45. The van der Waals surface area contributed by atoms with Crippen LogP contribution in [0, 0.1) is 0 Å². The van der Waals surface area contributed by atoms with Crippen molar-refractivity contribution >= 4 is 23.0 Å². The number of halogens is 3. The average molecular weight is 355 g/mol. The number of benzene rings is 1. The van der Waals surface area contributed by atoms with E-state index in [-0.39, 0.29) is 11.8 Å². The first-order valence-electron chi connectivity index (χ1n) is 7.42. The lowest BCUT2D eigenvalue weighted by Crippen LogP contribution is -2.42. The molecule has 0 radical (unpaired) electrons. The van der Waals surface area contributed by atoms with E-state index in [1.54, 1.807) is 0 Å². The topological polar surface area (TPSA) is 29.4 Å². The van der Waals surface area contributed by atoms with Crippen LogP contribution in [0.4, 0.5) is 18.9 Å². The van der Waals surface area contributed by atoms with Gasteiger partial charge in [0.2, 0.25) is 0 Å². The zero-order chi connectivity index (χ0) is 17.3. The number of hydrogen-bond acceptors (Lipinski definition) is 2. The van der Waals surface area contributed by atoms with E-state index in [9.17, 15) is 13.2 Å². The van der Waals surface area contributed by atoms with Crippen LogP contribution in [-0.4, -0.2) is 27.5 Å². The molecule has 24 heavy (non-hydrogen) atoms. The number of fused-ring (bicyclic) bond motifs is 1. The second kappa shape index (κ2) is 6.35. The van der Waals surface area contributed by atoms with Gasteiger partial charge >= 0.3 is 6.36 Å². The third-order valence-corrected chi connectivity index (χ3v) is 4.28. The highest BCUT2D eigenvalue weighted by molar-refractivity contribution is 7.80. The molecule has 0 unspecified atom stereocenters. The molecule has 128 valence electrons. The predicted octanol–water partition coefficient (Wildman–Crippen LogP) is 4.16. The van der Waals surface area contributed by atoms with Crippen LogP contribution >= 0.6 is 12.2 Å². The second-order valence-electron chi connectivity index (χ2n) is 5.50. The third kappa shape index (κ3) is 3.64. The lowest BCUT2D eigenvalue weighted by atomic mass is 10.1. The minimum absolute atomic E-state index is 0.126. The molecule has 0 amide bonds. The first-order valence-corrected chi connectivity index (χ1v) is 7.83. The Labute approximate surface area is 142 Å². The van der Waals surface area contributed by atoms with E-state index in [2.05, 4.69) is 32.5 Å². The molecule has 0 spiro atoms. The van der Waals surface area contributed by atoms with Crippen molar-refractivity contribution in [2.24, 2.45) is 0 Å². The first-order chi connectivity index (χ1) is 11.3. The van der Waals surface area contributed by atoms with Crippen molar-refractivity contribution in [3.05, 3.63) is 48.3 Å². The van der Waals surface area contributed by atoms with Crippen molar-refractivity contribution in [2.75, 3.05) is 11.9 Å². The summed E-state index contributed by atoms with van der Waals surface area (Å²) in [5.74, 6) is -0.261. The number of aromatic nitrogens is 1. The van der Waals surface area contributed by atoms with Crippen molar-refractivity contribution < 1.29 is 17.9 Å². The summed E-state index contributed by atoms with van der Waals surface area (Å²) in [6, 6.07) is 9.71. The highest BCUT2D eigenvalue weighted by Gasteiger charge is 2.31. The molecule has 1 N–H and O–H groups in total. The maximum atomic E-state index is 12.2. The Hall–Kier alpha value is -2.22. The number of nitrogens with one attached hydrogen (secondary N) is 1. The molecule has 0 fully saturated rings. The fourth-order valence-electron chi connectivity index (χ4n) is 2.79. The van der Waals surface area contributed by atoms with Crippen LogP contribution in [0.5, 0.6) is 5.75 Å². The van der Waals surface area contributed by atoms with Gasteiger partial charge in [0.05, 0.1) is 6.04 Å². The number of ether oxygens (including phenoxy) is 1. The lowest BCUT2D eigenvalue weighted by Gasteiger charge is -2.36. The molecule has 1 aromatic heterocycles. The Morgan fingerprint density at radius 2 is 1.92 bits per heavy atom. The van der Waals surface area contributed by atoms with Crippen LogP contribution in [0.3, 0.4) is 0 Å². The second-order valence-corrected chi connectivity index (χ2v) is 5.88. The van der Waals surface area contributed by atoms with Gasteiger partial charge in [0, 0.05) is 30.7 Å². The van der Waals surface area contributed by atoms with Crippen LogP contribution in [0.15, 0.2) is 42.6 Å². The molecular formula is C16H16F3N3OS. The largest absolute Gasteiger partial charge is 0.573 e. The van der Waals surface area contributed by atoms with Gasteiger partial charge in [0.1, 0.15) is 5.75 Å². The third-order valence-electron chi connectivity index (χ3n) is 3.94. The maximum Gasteiger partial charge on any atom is 0.573 e. The summed E-state index contributed by atoms with van der Waals surface area (Å²) in [6.45, 7) is 3.68. The van der Waals surface area contributed by atoms with E-state index in [1.807, 2.05) is 12.3 Å². The van der Waals surface area contributed by atoms with Crippen LogP contribution in [0.2, 0.25) is 0 Å². The Morgan fingerprint density at radius 1 is 1.21 bits per heavy atom. The molecule has 1 aliphatic rings. The molecule has 4 nitrogen and oxygen atoms in total. The molecule has 0 saturated heterocycles. The van der Waals surface area contributed by atoms with Crippen molar-refractivity contribution in [2.45, 2.75) is 25.9 Å². The van der Waals surface area contributed by atoms with Gasteiger partial charge in [-0.25, -0.2) is 0 Å². The molecule has 0 bridgehead atoms. The number of anilines is 1. The standard InChI is InChI=1S/C16H16F3N3OS/c1-11-14-3-2-8-21(14)9-10-22(11)15(24)20-12-4-6-13(7-5-12)23-16(17,18)19/h2-8,11H,9-10H2,1H3,(H,20,24)/t11-/m1/s1. The normalized spacial score (nSPS) is 17.3. The molecule has 8 heteroatoms. The minimum Gasteiger partial charge on any atom is -0.406 e. The summed E-state index contributed by atoms with van der Waals surface area (Å²) in [4.78, 5) is 2.06. The van der Waals surface area contributed by atoms with E-state index in [1.165, 1.54) is 30.0 Å². The zero-order valence-corrected chi connectivity index (χ0v) is 13.7. The molecule has 1 atom stereocenters. The number of nitrogens with zero attached hydrogens (tertiary/aromatic N) is 2. The van der Waals surface area contributed by atoms with Gasteiger partial charge in [-0.05, 0) is 55.5 Å². The van der Waals surface area contributed by atoms with Crippen LogP contribution < -0.4 is 10.1 Å². The van der Waals surface area contributed by atoms with Gasteiger partial charge in [-0.2, -0.15) is 0 Å². The van der Waals surface area contributed by atoms with Gasteiger partial charge < -0.3 is 19.5 Å². The lowest BCUT2D eigenvalue weighted by molar-refractivity contribution is -0.274. The SMILES string of the molecule is C[C@@H]1c2cccn2CCN1C(=S)Nc1ccc(OC(F)(F)F)cc1. The van der Waals surface area contributed by atoms with E-state index in [0.29, 0.717) is 10.8 Å². The first kappa shape index (κ1) is 16.6. The Kier molecular flexibility index (Phi) is 4.40.